The third-order valence-electron chi connectivity index (χ3n) is 2.49. The summed E-state index contributed by atoms with van der Waals surface area (Å²) in [4.78, 5) is 0. The van der Waals surface area contributed by atoms with Gasteiger partial charge >= 0.3 is 0 Å². The zero-order chi connectivity index (χ0) is 8.81. The molecule has 2 atom stereocenters. The van der Waals surface area contributed by atoms with Crippen molar-refractivity contribution in [1.29, 1.82) is 0 Å². The number of rotatable bonds is 3. The lowest BCUT2D eigenvalue weighted by Gasteiger charge is -2.27. The average molecular weight is 184 g/mol. The van der Waals surface area contributed by atoms with Crippen molar-refractivity contribution in [3.05, 3.63) is 0 Å². The smallest absolute Gasteiger partial charge is 0.162 e. The minimum Gasteiger partial charge on any atom is -0.291 e. The topological polar surface area (TPSA) is 3.24 Å². The molecule has 69 valence electrons. The van der Waals surface area contributed by atoms with Crippen LogP contribution in [0, 0.1) is 0 Å². The van der Waals surface area contributed by atoms with Crippen LogP contribution in [0.15, 0.2) is 0 Å². The maximum absolute atomic E-state index is 2.65. The van der Waals surface area contributed by atoms with Gasteiger partial charge in [0.05, 0.1) is 0 Å². The molecule has 1 heterocycles. The van der Waals surface area contributed by atoms with Crippen molar-refractivity contribution < 1.29 is 0 Å². The monoisotopic (exact) mass is 184 g/mol. The summed E-state index contributed by atoms with van der Waals surface area (Å²) in [6.45, 7) is 8.45. The van der Waals surface area contributed by atoms with Crippen LogP contribution in [0.2, 0.25) is 6.32 Å². The minimum absolute atomic E-state index is 0.808. The van der Waals surface area contributed by atoms with Crippen molar-refractivity contribution >= 4 is 15.6 Å². The zero-order valence-corrected chi connectivity index (χ0v) is 9.34. The van der Waals surface area contributed by atoms with Gasteiger partial charge in [-0.15, -0.1) is 0 Å². The highest BCUT2D eigenvalue weighted by atomic mass is 31.1. The maximum atomic E-state index is 2.65. The van der Waals surface area contributed by atoms with Crippen molar-refractivity contribution in [2.45, 2.75) is 51.9 Å². The molecule has 0 aliphatic carbocycles. The van der Waals surface area contributed by atoms with Crippen molar-refractivity contribution in [1.82, 2.24) is 4.67 Å². The van der Waals surface area contributed by atoms with Gasteiger partial charge in [-0.05, 0) is 19.8 Å². The largest absolute Gasteiger partial charge is 0.291 e. The van der Waals surface area contributed by atoms with Crippen molar-refractivity contribution in [2.24, 2.45) is 0 Å². The molecule has 0 bridgehead atoms. The van der Waals surface area contributed by atoms with E-state index < -0.39 is 0 Å². The van der Waals surface area contributed by atoms with Crippen molar-refractivity contribution in [3.63, 3.8) is 0 Å². The molecule has 1 rings (SSSR count). The molecule has 0 saturated carbocycles. The van der Waals surface area contributed by atoms with Gasteiger partial charge < -0.3 is 0 Å². The Hall–Kier alpha value is 0.455. The molecular weight excluding hydrogens is 164 g/mol. The highest BCUT2D eigenvalue weighted by Crippen LogP contribution is 2.27. The first kappa shape index (κ1) is 10.5. The molecule has 2 unspecified atom stereocenters. The van der Waals surface area contributed by atoms with Crippen molar-refractivity contribution in [3.8, 4) is 0 Å². The molecule has 12 heavy (non-hydrogen) atoms. The fourth-order valence-electron chi connectivity index (χ4n) is 1.70. The summed E-state index contributed by atoms with van der Waals surface area (Å²) in [6.07, 6.45) is 6.83. The third kappa shape index (κ3) is 3.45. The lowest BCUT2D eigenvalue weighted by atomic mass is 9.99. The van der Waals surface area contributed by atoms with Crippen LogP contribution in [-0.2, 0) is 0 Å². The van der Waals surface area contributed by atoms with E-state index in [9.17, 15) is 0 Å². The van der Waals surface area contributed by atoms with Crippen LogP contribution in [0.5, 0.6) is 0 Å². The minimum atomic E-state index is 0.808. The van der Waals surface area contributed by atoms with E-state index in [1.54, 1.807) is 0 Å². The molecule has 1 radical (unpaired) electrons. The van der Waals surface area contributed by atoms with Gasteiger partial charge in [0, 0.05) is 12.6 Å². The van der Waals surface area contributed by atoms with Gasteiger partial charge in [-0.25, -0.2) is 0 Å². The molecule has 0 N–H and O–H groups in total. The van der Waals surface area contributed by atoms with Crippen LogP contribution < -0.4 is 0 Å². The molecule has 0 aromatic rings. The Morgan fingerprint density at radius 1 is 1.50 bits per heavy atom. The van der Waals surface area contributed by atoms with Gasteiger partial charge in [-0.3, -0.25) is 4.67 Å². The van der Waals surface area contributed by atoms with Gasteiger partial charge in [0.15, 0.2) is 7.00 Å². The quantitative estimate of drug-likeness (QED) is 0.481. The molecule has 1 aliphatic rings. The first-order valence-corrected chi connectivity index (χ1v) is 6.21. The molecule has 0 amide bonds. The number of nitrogens with zero attached hydrogens (tertiary/aromatic N) is 1. The van der Waals surface area contributed by atoms with Crippen LogP contribution in [0.3, 0.4) is 0 Å². The summed E-state index contributed by atoms with van der Waals surface area (Å²) in [5.74, 6) is 0. The highest BCUT2D eigenvalue weighted by molar-refractivity contribution is 7.69. The van der Waals surface area contributed by atoms with Gasteiger partial charge in [-0.1, -0.05) is 34.7 Å². The Morgan fingerprint density at radius 3 is 3.08 bits per heavy atom. The number of hydrogen-bond acceptors (Lipinski definition) is 1. The Labute approximate surface area is 79.3 Å². The second-order valence-electron chi connectivity index (χ2n) is 3.66. The fourth-order valence-corrected chi connectivity index (χ4v) is 2.93. The van der Waals surface area contributed by atoms with E-state index in [0.717, 1.165) is 14.7 Å². The first-order chi connectivity index (χ1) is 5.84. The van der Waals surface area contributed by atoms with E-state index in [4.69, 9.17) is 0 Å². The third-order valence-corrected chi connectivity index (χ3v) is 3.96. The summed E-state index contributed by atoms with van der Waals surface area (Å²) >= 11 is 0. The predicted molar refractivity (Wildman–Crippen MR) is 59.2 cm³/mol. The summed E-state index contributed by atoms with van der Waals surface area (Å²) in [5.41, 5.74) is 0. The molecule has 1 aliphatic heterocycles. The molecule has 0 aromatic carbocycles. The molecule has 0 aromatic heterocycles. The van der Waals surface area contributed by atoms with E-state index in [-0.39, 0.29) is 0 Å². The molecule has 0 spiro atoms. The van der Waals surface area contributed by atoms with E-state index in [1.807, 2.05) is 0 Å². The lowest BCUT2D eigenvalue weighted by Crippen LogP contribution is -2.26. The van der Waals surface area contributed by atoms with Gasteiger partial charge in [0.25, 0.3) is 0 Å². The van der Waals surface area contributed by atoms with E-state index in [0.29, 0.717) is 0 Å². The normalized spacial score (nSPS) is 24.8. The SMILES string of the molecule is CCCC(C)N1CCCC[B]P1. The Morgan fingerprint density at radius 2 is 2.33 bits per heavy atom. The van der Waals surface area contributed by atoms with Crippen LogP contribution >= 0.6 is 8.61 Å². The molecule has 3 heteroatoms. The van der Waals surface area contributed by atoms with Crippen LogP contribution in [0.4, 0.5) is 0 Å². The Balaban J connectivity index is 2.27. The number of hydrogen-bond donors (Lipinski definition) is 0. The summed E-state index contributed by atoms with van der Waals surface area (Å²) in [6, 6.07) is 0.808. The maximum Gasteiger partial charge on any atom is 0.162 e. The van der Waals surface area contributed by atoms with Crippen molar-refractivity contribution in [2.75, 3.05) is 6.54 Å². The van der Waals surface area contributed by atoms with E-state index in [1.165, 1.54) is 38.5 Å². The molecule has 1 nitrogen and oxygen atoms in total. The van der Waals surface area contributed by atoms with Crippen LogP contribution in [0.1, 0.15) is 39.5 Å². The second kappa shape index (κ2) is 5.99. The highest BCUT2D eigenvalue weighted by Gasteiger charge is 2.14. The van der Waals surface area contributed by atoms with E-state index in [2.05, 4.69) is 25.5 Å². The fraction of sp³-hybridized carbons (Fsp3) is 1.00. The van der Waals surface area contributed by atoms with Gasteiger partial charge in [0.1, 0.15) is 0 Å². The van der Waals surface area contributed by atoms with Crippen LogP contribution in [0.25, 0.3) is 0 Å². The lowest BCUT2D eigenvalue weighted by molar-refractivity contribution is 0.346. The molecule has 1 saturated heterocycles. The summed E-state index contributed by atoms with van der Waals surface area (Å²) in [5, 5.41) is 0. The summed E-state index contributed by atoms with van der Waals surface area (Å²) in [7, 11) is 0.984. The first-order valence-electron chi connectivity index (χ1n) is 5.19. The molecule has 1 fully saturated rings. The Kier molecular flexibility index (Phi) is 5.26. The van der Waals surface area contributed by atoms with E-state index >= 15 is 0 Å². The molecular formula is C9H20BNP. The predicted octanol–water partition coefficient (Wildman–Crippen LogP) is 2.90. The van der Waals surface area contributed by atoms with Gasteiger partial charge in [0.2, 0.25) is 0 Å². The Bertz CT molecular complexity index is 113. The zero-order valence-electron chi connectivity index (χ0n) is 8.34. The standard InChI is InChI=1S/C9H20BNP/c1-3-6-9(2)11-8-5-4-7-10-12-11/h9,12H,3-8H2,1-2H3. The van der Waals surface area contributed by atoms with Crippen LogP contribution in [-0.4, -0.2) is 24.3 Å². The van der Waals surface area contributed by atoms with Gasteiger partial charge in [-0.2, -0.15) is 0 Å². The summed E-state index contributed by atoms with van der Waals surface area (Å²) < 4.78 is 2.65. The average Bonchev–Trinajstić information content (AvgIpc) is 2.32. The second-order valence-corrected chi connectivity index (χ2v) is 4.90.